The number of phenolic OH excluding ortho intramolecular Hbond substituents is 1. The number of halogens is 1. The molecule has 2 atom stereocenters. The molecule has 8 heteroatoms. The van der Waals surface area contributed by atoms with Gasteiger partial charge in [0, 0.05) is 25.7 Å². The number of phenols is 1. The molecule has 32 heavy (non-hydrogen) atoms. The van der Waals surface area contributed by atoms with Crippen LogP contribution in [0.3, 0.4) is 0 Å². The molecule has 0 aromatic heterocycles. The van der Waals surface area contributed by atoms with Crippen LogP contribution in [0.4, 0.5) is 9.18 Å². The predicted molar refractivity (Wildman–Crippen MR) is 118 cm³/mol. The molecule has 168 valence electrons. The maximum Gasteiger partial charge on any atom is 0.340 e. The molecular formula is C24H27FN4O3. The Morgan fingerprint density at radius 1 is 1.25 bits per heavy atom. The van der Waals surface area contributed by atoms with Gasteiger partial charge in [-0.15, -0.1) is 0 Å². The van der Waals surface area contributed by atoms with E-state index < -0.39 is 6.04 Å². The second-order valence-electron chi connectivity index (χ2n) is 8.68. The summed E-state index contributed by atoms with van der Waals surface area (Å²) in [6.45, 7) is 3.88. The summed E-state index contributed by atoms with van der Waals surface area (Å²) in [7, 11) is 1.78. The molecule has 0 spiro atoms. The number of hydrazone groups is 1. The quantitative estimate of drug-likeness (QED) is 0.794. The Bertz CT molecular complexity index is 1050. The molecule has 3 heterocycles. The fraction of sp³-hybridized carbons (Fsp3) is 0.417. The van der Waals surface area contributed by atoms with Crippen LogP contribution >= 0.6 is 0 Å². The second kappa shape index (κ2) is 8.43. The number of likely N-dealkylation sites (tertiary alicyclic amines) is 1. The van der Waals surface area contributed by atoms with Gasteiger partial charge in [0.25, 0.3) is 0 Å². The van der Waals surface area contributed by atoms with E-state index in [2.05, 4.69) is 4.90 Å². The van der Waals surface area contributed by atoms with Crippen molar-refractivity contribution in [3.05, 3.63) is 59.4 Å². The number of hydrogen-bond acceptors (Lipinski definition) is 5. The van der Waals surface area contributed by atoms with Crippen molar-refractivity contribution in [1.29, 1.82) is 0 Å². The van der Waals surface area contributed by atoms with E-state index in [1.165, 1.54) is 30.0 Å². The Morgan fingerprint density at radius 2 is 2.06 bits per heavy atom. The zero-order valence-corrected chi connectivity index (χ0v) is 18.1. The van der Waals surface area contributed by atoms with Gasteiger partial charge in [0.15, 0.2) is 0 Å². The Balaban J connectivity index is 1.47. The number of rotatable bonds is 4. The maximum atomic E-state index is 14.0. The molecule has 3 aliphatic rings. The van der Waals surface area contributed by atoms with Gasteiger partial charge in [0.05, 0.1) is 24.3 Å². The fourth-order valence-corrected chi connectivity index (χ4v) is 4.82. The zero-order valence-electron chi connectivity index (χ0n) is 18.1. The van der Waals surface area contributed by atoms with Crippen molar-refractivity contribution in [2.75, 3.05) is 39.8 Å². The number of ether oxygens (including phenoxy) is 1. The van der Waals surface area contributed by atoms with Crippen molar-refractivity contribution in [1.82, 2.24) is 14.8 Å². The largest absolute Gasteiger partial charge is 0.508 e. The normalized spacial score (nSPS) is 22.2. The Morgan fingerprint density at radius 3 is 2.84 bits per heavy atom. The predicted octanol–water partition coefficient (Wildman–Crippen LogP) is 3.45. The van der Waals surface area contributed by atoms with Crippen LogP contribution in [0.25, 0.3) is 0 Å². The third-order valence-electron chi connectivity index (χ3n) is 6.53. The highest BCUT2D eigenvalue weighted by molar-refractivity contribution is 6.07. The monoisotopic (exact) mass is 438 g/mol. The van der Waals surface area contributed by atoms with Crippen molar-refractivity contribution in [2.24, 2.45) is 11.0 Å². The summed E-state index contributed by atoms with van der Waals surface area (Å²) in [5.74, 6) is 0.0424. The number of fused-ring (bicyclic) bond motifs is 3. The highest BCUT2D eigenvalue weighted by atomic mass is 19.1. The van der Waals surface area contributed by atoms with Gasteiger partial charge in [-0.25, -0.2) is 14.2 Å². The summed E-state index contributed by atoms with van der Waals surface area (Å²) in [6.07, 6.45) is 2.41. The Kier molecular flexibility index (Phi) is 5.46. The van der Waals surface area contributed by atoms with Crippen molar-refractivity contribution < 1.29 is 19.0 Å². The van der Waals surface area contributed by atoms with Crippen molar-refractivity contribution in [2.45, 2.75) is 18.9 Å². The van der Waals surface area contributed by atoms with Gasteiger partial charge in [0.2, 0.25) is 0 Å². The van der Waals surface area contributed by atoms with Gasteiger partial charge in [-0.05, 0) is 61.8 Å². The Labute approximate surface area is 186 Å². The molecule has 0 radical (unpaired) electrons. The van der Waals surface area contributed by atoms with Gasteiger partial charge in [0.1, 0.15) is 17.3 Å². The molecule has 0 bridgehead atoms. The van der Waals surface area contributed by atoms with Crippen LogP contribution in [0.15, 0.2) is 47.6 Å². The number of urea groups is 1. The first-order valence-electron chi connectivity index (χ1n) is 11.1. The van der Waals surface area contributed by atoms with E-state index in [1.807, 2.05) is 6.07 Å². The average Bonchev–Trinajstić information content (AvgIpc) is 3.44. The first-order valence-corrected chi connectivity index (χ1v) is 11.1. The van der Waals surface area contributed by atoms with Gasteiger partial charge in [-0.3, -0.25) is 0 Å². The highest BCUT2D eigenvalue weighted by Gasteiger charge is 2.46. The van der Waals surface area contributed by atoms with Gasteiger partial charge < -0.3 is 19.6 Å². The second-order valence-corrected chi connectivity index (χ2v) is 8.68. The summed E-state index contributed by atoms with van der Waals surface area (Å²) in [6, 6.07) is 10.5. The van der Waals surface area contributed by atoms with E-state index >= 15 is 0 Å². The molecule has 0 saturated carbocycles. The summed E-state index contributed by atoms with van der Waals surface area (Å²) < 4.78 is 19.9. The van der Waals surface area contributed by atoms with Gasteiger partial charge in [-0.1, -0.05) is 12.1 Å². The number of amides is 2. The highest BCUT2D eigenvalue weighted by Crippen LogP contribution is 2.43. The van der Waals surface area contributed by atoms with Crippen molar-refractivity contribution in [3.63, 3.8) is 0 Å². The lowest BCUT2D eigenvalue weighted by Crippen LogP contribution is -2.43. The van der Waals surface area contributed by atoms with Crippen molar-refractivity contribution in [3.8, 4) is 11.5 Å². The molecule has 2 aromatic rings. The molecule has 1 N–H and O–H groups in total. The van der Waals surface area contributed by atoms with E-state index in [-0.39, 0.29) is 23.5 Å². The van der Waals surface area contributed by atoms with E-state index in [0.717, 1.165) is 25.2 Å². The van der Waals surface area contributed by atoms with Crippen LogP contribution in [0.2, 0.25) is 0 Å². The first-order chi connectivity index (χ1) is 15.5. The molecular weight excluding hydrogens is 411 g/mol. The van der Waals surface area contributed by atoms with Crippen LogP contribution in [-0.2, 0) is 0 Å². The van der Waals surface area contributed by atoms with Crippen LogP contribution in [0.5, 0.6) is 11.5 Å². The van der Waals surface area contributed by atoms with Crippen LogP contribution in [0.1, 0.15) is 30.0 Å². The number of likely N-dealkylation sites (N-methyl/N-ethyl adjacent to an activating group) is 1. The maximum absolute atomic E-state index is 14.0. The summed E-state index contributed by atoms with van der Waals surface area (Å²) in [5, 5.41) is 16.2. The lowest BCUT2D eigenvalue weighted by atomic mass is 9.86. The fourth-order valence-electron chi connectivity index (χ4n) is 4.82. The molecule has 1 saturated heterocycles. The smallest absolute Gasteiger partial charge is 0.340 e. The van der Waals surface area contributed by atoms with Crippen LogP contribution in [-0.4, -0.2) is 71.5 Å². The van der Waals surface area contributed by atoms with E-state index in [1.54, 1.807) is 36.2 Å². The minimum atomic E-state index is -0.449. The minimum absolute atomic E-state index is 0.119. The summed E-state index contributed by atoms with van der Waals surface area (Å²) in [4.78, 5) is 17.5. The molecule has 2 unspecified atom stereocenters. The number of carbonyl (C=O) groups excluding carboxylic acids is 1. The lowest BCUT2D eigenvalue weighted by molar-refractivity contribution is 0.130. The van der Waals surface area contributed by atoms with Gasteiger partial charge in [-0.2, -0.15) is 5.10 Å². The van der Waals surface area contributed by atoms with E-state index in [4.69, 9.17) is 9.84 Å². The minimum Gasteiger partial charge on any atom is -0.508 e. The number of benzene rings is 2. The van der Waals surface area contributed by atoms with E-state index in [9.17, 15) is 14.3 Å². The topological polar surface area (TPSA) is 68.6 Å². The third-order valence-corrected chi connectivity index (χ3v) is 6.53. The summed E-state index contributed by atoms with van der Waals surface area (Å²) >= 11 is 0. The third kappa shape index (κ3) is 3.79. The summed E-state index contributed by atoms with van der Waals surface area (Å²) in [5.41, 5.74) is 1.97. The molecule has 7 nitrogen and oxygen atoms in total. The van der Waals surface area contributed by atoms with Crippen molar-refractivity contribution >= 4 is 11.7 Å². The molecule has 2 aromatic carbocycles. The molecule has 2 amide bonds. The first kappa shape index (κ1) is 20.8. The number of carbonyl (C=O) groups is 1. The number of hydrogen-bond donors (Lipinski definition) is 1. The Hall–Kier alpha value is -3.13. The number of nitrogens with zero attached hydrogens (tertiary/aromatic N) is 4. The average molecular weight is 439 g/mol. The molecule has 5 rings (SSSR count). The molecule has 1 fully saturated rings. The van der Waals surface area contributed by atoms with E-state index in [0.29, 0.717) is 30.2 Å². The SMILES string of the molecule is CN(CCN1CCCC1)C(=O)N1N=C2c3cc(F)ccc3OCC2C1c1cccc(O)c1. The molecule has 3 aliphatic heterocycles. The zero-order chi connectivity index (χ0) is 22.2. The van der Waals surface area contributed by atoms with Crippen LogP contribution in [0, 0.1) is 11.7 Å². The van der Waals surface area contributed by atoms with Gasteiger partial charge >= 0.3 is 6.03 Å². The standard InChI is InChI=1S/C24H27FN4O3/c1-27(11-12-28-9-2-3-10-28)24(31)29-23(16-5-4-6-18(30)13-16)20-15-32-21-8-7-17(25)14-19(21)22(20)26-29/h4-8,13-14,20,23,30H,2-3,9-12,15H2,1H3. The lowest BCUT2D eigenvalue weighted by Gasteiger charge is -2.32. The number of aromatic hydroxyl groups is 1. The van der Waals surface area contributed by atoms with Crippen LogP contribution < -0.4 is 4.74 Å². The molecule has 0 aliphatic carbocycles.